The molecule has 0 N–H and O–H groups in total. The third-order valence-electron chi connectivity index (χ3n) is 4.63. The molecule has 0 unspecified atom stereocenters. The molecule has 0 atom stereocenters. The second kappa shape index (κ2) is 20.6. The standard InChI is InChI=1S/C23H48NO5/c1-5-6-7-8-9-10-11-12-13-14-23(25)29-22-21-28-20-19-27-18-17-26-16-15-24(2,3)4/h5-22H2,1-4H3/q+1. The monoisotopic (exact) mass is 418 g/mol. The summed E-state index contributed by atoms with van der Waals surface area (Å²) >= 11 is 0. The molecule has 0 aliphatic carbocycles. The molecule has 29 heavy (non-hydrogen) atoms. The quantitative estimate of drug-likeness (QED) is 0.150. The van der Waals surface area contributed by atoms with Crippen LogP contribution in [0.2, 0.25) is 0 Å². The van der Waals surface area contributed by atoms with Crippen molar-refractivity contribution < 1.29 is 28.2 Å². The van der Waals surface area contributed by atoms with Gasteiger partial charge in [0.15, 0.2) is 0 Å². The van der Waals surface area contributed by atoms with Gasteiger partial charge in [-0.15, -0.1) is 0 Å². The molecule has 0 aliphatic rings. The van der Waals surface area contributed by atoms with E-state index in [1.807, 2.05) is 0 Å². The van der Waals surface area contributed by atoms with Crippen molar-refractivity contribution in [3.05, 3.63) is 0 Å². The zero-order valence-electron chi connectivity index (χ0n) is 19.7. The number of carbonyl (C=O) groups excluding carboxylic acids is 1. The van der Waals surface area contributed by atoms with Gasteiger partial charge in [0.2, 0.25) is 0 Å². The van der Waals surface area contributed by atoms with Crippen LogP contribution < -0.4 is 0 Å². The number of ether oxygens (including phenoxy) is 4. The van der Waals surface area contributed by atoms with E-state index in [4.69, 9.17) is 18.9 Å². The second-order valence-corrected chi connectivity index (χ2v) is 8.65. The number of likely N-dealkylation sites (N-methyl/N-ethyl adjacent to an activating group) is 1. The highest BCUT2D eigenvalue weighted by molar-refractivity contribution is 5.69. The Morgan fingerprint density at radius 1 is 0.621 bits per heavy atom. The van der Waals surface area contributed by atoms with Gasteiger partial charge in [0, 0.05) is 6.42 Å². The lowest BCUT2D eigenvalue weighted by atomic mass is 10.1. The summed E-state index contributed by atoms with van der Waals surface area (Å²) in [5, 5.41) is 0. The summed E-state index contributed by atoms with van der Waals surface area (Å²) < 4.78 is 22.5. The van der Waals surface area contributed by atoms with Crippen LogP contribution in [0.5, 0.6) is 0 Å². The highest BCUT2D eigenvalue weighted by Crippen LogP contribution is 2.10. The molecule has 0 heterocycles. The van der Waals surface area contributed by atoms with E-state index in [-0.39, 0.29) is 5.97 Å². The number of hydrogen-bond acceptors (Lipinski definition) is 5. The fourth-order valence-electron chi connectivity index (χ4n) is 2.75. The van der Waals surface area contributed by atoms with E-state index in [9.17, 15) is 4.79 Å². The van der Waals surface area contributed by atoms with Gasteiger partial charge in [-0.25, -0.2) is 0 Å². The van der Waals surface area contributed by atoms with Gasteiger partial charge in [-0.3, -0.25) is 4.79 Å². The van der Waals surface area contributed by atoms with Crippen LogP contribution in [0.25, 0.3) is 0 Å². The van der Waals surface area contributed by atoms with Crippen molar-refractivity contribution in [3.63, 3.8) is 0 Å². The lowest BCUT2D eigenvalue weighted by Gasteiger charge is -2.23. The van der Waals surface area contributed by atoms with Crippen LogP contribution in [-0.2, 0) is 23.7 Å². The van der Waals surface area contributed by atoms with Gasteiger partial charge in [0.25, 0.3) is 0 Å². The van der Waals surface area contributed by atoms with Gasteiger partial charge < -0.3 is 23.4 Å². The minimum atomic E-state index is -0.112. The van der Waals surface area contributed by atoms with Crippen LogP contribution in [0.3, 0.4) is 0 Å². The summed E-state index contributed by atoms with van der Waals surface area (Å²) in [4.78, 5) is 11.7. The van der Waals surface area contributed by atoms with Crippen molar-refractivity contribution >= 4 is 5.97 Å². The Balaban J connectivity index is 3.18. The fourth-order valence-corrected chi connectivity index (χ4v) is 2.75. The van der Waals surface area contributed by atoms with E-state index in [0.717, 1.165) is 30.5 Å². The van der Waals surface area contributed by atoms with Crippen LogP contribution in [0.1, 0.15) is 71.1 Å². The summed E-state index contributed by atoms with van der Waals surface area (Å²) in [5.41, 5.74) is 0. The van der Waals surface area contributed by atoms with E-state index in [1.54, 1.807) is 0 Å². The molecule has 0 saturated heterocycles. The molecule has 0 rings (SSSR count). The van der Waals surface area contributed by atoms with E-state index in [1.165, 1.54) is 44.9 Å². The summed E-state index contributed by atoms with van der Waals surface area (Å²) in [6, 6.07) is 0. The Labute approximate surface area is 179 Å². The normalized spacial score (nSPS) is 11.7. The largest absolute Gasteiger partial charge is 0.463 e. The zero-order valence-corrected chi connectivity index (χ0v) is 19.7. The molecule has 0 saturated carbocycles. The molecule has 0 aromatic carbocycles. The fraction of sp³-hybridized carbons (Fsp3) is 0.957. The molecule has 0 fully saturated rings. The van der Waals surface area contributed by atoms with Crippen LogP contribution in [0, 0.1) is 0 Å². The van der Waals surface area contributed by atoms with E-state index < -0.39 is 0 Å². The number of esters is 1. The predicted molar refractivity (Wildman–Crippen MR) is 118 cm³/mol. The second-order valence-electron chi connectivity index (χ2n) is 8.65. The van der Waals surface area contributed by atoms with E-state index in [0.29, 0.717) is 46.1 Å². The Bertz CT molecular complexity index is 358. The van der Waals surface area contributed by atoms with Crippen LogP contribution in [-0.4, -0.2) is 84.4 Å². The van der Waals surface area contributed by atoms with E-state index >= 15 is 0 Å². The topological polar surface area (TPSA) is 54.0 Å². The first-order chi connectivity index (χ1) is 14.0. The lowest BCUT2D eigenvalue weighted by molar-refractivity contribution is -0.870. The summed E-state index contributed by atoms with van der Waals surface area (Å²) in [6.45, 7) is 6.95. The van der Waals surface area contributed by atoms with Crippen molar-refractivity contribution in [2.45, 2.75) is 71.1 Å². The highest BCUT2D eigenvalue weighted by atomic mass is 16.6. The van der Waals surface area contributed by atoms with Gasteiger partial charge in [-0.05, 0) is 6.42 Å². The molecule has 0 aliphatic heterocycles. The maximum Gasteiger partial charge on any atom is 0.305 e. The van der Waals surface area contributed by atoms with Gasteiger partial charge in [-0.2, -0.15) is 0 Å². The molecule has 0 spiro atoms. The molecular formula is C23H48NO5+. The number of nitrogens with zero attached hydrogens (tertiary/aromatic N) is 1. The molecule has 6 heteroatoms. The van der Waals surface area contributed by atoms with Crippen molar-refractivity contribution in [2.24, 2.45) is 0 Å². The molecule has 174 valence electrons. The third kappa shape index (κ3) is 25.3. The van der Waals surface area contributed by atoms with Gasteiger partial charge >= 0.3 is 5.97 Å². The number of quaternary nitrogens is 1. The number of hydrogen-bond donors (Lipinski definition) is 0. The first kappa shape index (κ1) is 28.3. The van der Waals surface area contributed by atoms with E-state index in [2.05, 4.69) is 28.1 Å². The van der Waals surface area contributed by atoms with Gasteiger partial charge in [0.05, 0.1) is 60.8 Å². The lowest BCUT2D eigenvalue weighted by Crippen LogP contribution is -2.37. The van der Waals surface area contributed by atoms with Crippen LogP contribution in [0.15, 0.2) is 0 Å². The predicted octanol–water partition coefficient (Wildman–Crippen LogP) is 4.21. The van der Waals surface area contributed by atoms with Gasteiger partial charge in [-0.1, -0.05) is 58.3 Å². The minimum absolute atomic E-state index is 0.112. The van der Waals surface area contributed by atoms with Gasteiger partial charge in [0.1, 0.15) is 13.2 Å². The molecule has 6 nitrogen and oxygen atoms in total. The SMILES string of the molecule is CCCCCCCCCCCC(=O)OCCOCCOCCOCC[N+](C)(C)C. The maximum atomic E-state index is 11.7. The number of unbranched alkanes of at least 4 members (excludes halogenated alkanes) is 8. The number of carbonyl (C=O) groups is 1. The Kier molecular flexibility index (Phi) is 20.1. The van der Waals surface area contributed by atoms with Crippen LogP contribution in [0.4, 0.5) is 0 Å². The summed E-state index contributed by atoms with van der Waals surface area (Å²) in [7, 11) is 6.43. The average Bonchev–Trinajstić information content (AvgIpc) is 2.66. The summed E-state index contributed by atoms with van der Waals surface area (Å²) in [5.74, 6) is -0.112. The zero-order chi connectivity index (χ0) is 21.6. The number of rotatable bonds is 22. The summed E-state index contributed by atoms with van der Waals surface area (Å²) in [6.07, 6.45) is 11.8. The molecule has 0 radical (unpaired) electrons. The first-order valence-electron chi connectivity index (χ1n) is 11.6. The van der Waals surface area contributed by atoms with Crippen molar-refractivity contribution in [1.82, 2.24) is 0 Å². The van der Waals surface area contributed by atoms with Crippen LogP contribution >= 0.6 is 0 Å². The first-order valence-corrected chi connectivity index (χ1v) is 11.6. The Morgan fingerprint density at radius 2 is 1.07 bits per heavy atom. The average molecular weight is 419 g/mol. The molecule has 0 aromatic rings. The molecule has 0 bridgehead atoms. The minimum Gasteiger partial charge on any atom is -0.463 e. The van der Waals surface area contributed by atoms with Crippen molar-refractivity contribution in [1.29, 1.82) is 0 Å². The smallest absolute Gasteiger partial charge is 0.305 e. The Morgan fingerprint density at radius 3 is 1.59 bits per heavy atom. The highest BCUT2D eigenvalue weighted by Gasteiger charge is 2.05. The van der Waals surface area contributed by atoms with Crippen molar-refractivity contribution in [2.75, 3.05) is 73.9 Å². The molecule has 0 amide bonds. The maximum absolute atomic E-state index is 11.7. The third-order valence-corrected chi connectivity index (χ3v) is 4.63. The molecular weight excluding hydrogens is 370 g/mol. The Hall–Kier alpha value is -0.690. The van der Waals surface area contributed by atoms with Crippen molar-refractivity contribution in [3.8, 4) is 0 Å². The molecule has 0 aromatic heterocycles.